The van der Waals surface area contributed by atoms with Crippen LogP contribution in [0.4, 0.5) is 0 Å². The summed E-state index contributed by atoms with van der Waals surface area (Å²) in [5.41, 5.74) is 4.38. The molecule has 6 nitrogen and oxygen atoms in total. The van der Waals surface area contributed by atoms with Gasteiger partial charge in [-0.15, -0.1) is 0 Å². The number of ether oxygens (including phenoxy) is 3. The second-order valence-electron chi connectivity index (χ2n) is 6.53. The summed E-state index contributed by atoms with van der Waals surface area (Å²) in [5.74, 6) is 1.37. The number of carbonyl (C=O) groups excluding carboxylic acids is 1. The number of rotatable bonds is 10. The van der Waals surface area contributed by atoms with Gasteiger partial charge in [-0.3, -0.25) is 4.79 Å². The Morgan fingerprint density at radius 3 is 2.61 bits per heavy atom. The zero-order valence-corrected chi connectivity index (χ0v) is 17.8. The molecule has 1 amide bonds. The Hall–Kier alpha value is -3.51. The molecule has 0 atom stereocenters. The van der Waals surface area contributed by atoms with Gasteiger partial charge >= 0.3 is 0 Å². The Kier molecular flexibility index (Phi) is 8.31. The van der Waals surface area contributed by atoms with Gasteiger partial charge in [-0.05, 0) is 47.5 Å². The fourth-order valence-corrected chi connectivity index (χ4v) is 2.90. The normalized spacial score (nSPS) is 10.6. The van der Waals surface area contributed by atoms with Crippen LogP contribution < -0.4 is 19.6 Å². The second-order valence-corrected chi connectivity index (χ2v) is 6.97. The van der Waals surface area contributed by atoms with Crippen molar-refractivity contribution in [1.29, 1.82) is 0 Å². The minimum atomic E-state index is -0.385. The summed E-state index contributed by atoms with van der Waals surface area (Å²) in [7, 11) is 1.58. The van der Waals surface area contributed by atoms with Crippen LogP contribution in [0.2, 0.25) is 5.02 Å². The third kappa shape index (κ3) is 7.35. The molecule has 0 unspecified atom stereocenters. The van der Waals surface area contributed by atoms with Crippen LogP contribution in [0.3, 0.4) is 0 Å². The quantitative estimate of drug-likeness (QED) is 0.374. The maximum absolute atomic E-state index is 11.9. The fourth-order valence-electron chi connectivity index (χ4n) is 2.72. The molecule has 0 heterocycles. The number of benzene rings is 3. The number of halogens is 1. The molecule has 0 fully saturated rings. The van der Waals surface area contributed by atoms with Crippen LogP contribution in [-0.4, -0.2) is 32.4 Å². The van der Waals surface area contributed by atoms with E-state index in [4.69, 9.17) is 25.8 Å². The summed E-state index contributed by atoms with van der Waals surface area (Å²) in [6.45, 7) is 0.367. The van der Waals surface area contributed by atoms with E-state index in [0.717, 1.165) is 12.0 Å². The summed E-state index contributed by atoms with van der Waals surface area (Å²) in [6, 6.07) is 22.4. The highest BCUT2D eigenvalue weighted by molar-refractivity contribution is 6.30. The molecule has 0 aliphatic carbocycles. The van der Waals surface area contributed by atoms with Crippen molar-refractivity contribution < 1.29 is 19.0 Å². The van der Waals surface area contributed by atoms with Crippen LogP contribution in [0.1, 0.15) is 11.1 Å². The maximum Gasteiger partial charge on any atom is 0.277 e. The molecule has 31 heavy (non-hydrogen) atoms. The van der Waals surface area contributed by atoms with Crippen LogP contribution in [0, 0.1) is 0 Å². The van der Waals surface area contributed by atoms with E-state index >= 15 is 0 Å². The highest BCUT2D eigenvalue weighted by Gasteiger charge is 2.06. The molecule has 0 bridgehead atoms. The topological polar surface area (TPSA) is 69.2 Å². The molecule has 1 N–H and O–H groups in total. The molecule has 0 aliphatic heterocycles. The van der Waals surface area contributed by atoms with E-state index in [1.165, 1.54) is 11.8 Å². The van der Waals surface area contributed by atoms with Gasteiger partial charge in [-0.1, -0.05) is 48.0 Å². The third-order valence-corrected chi connectivity index (χ3v) is 4.48. The largest absolute Gasteiger partial charge is 0.493 e. The Labute approximate surface area is 186 Å². The van der Waals surface area contributed by atoms with Crippen LogP contribution in [-0.2, 0) is 11.2 Å². The standard InChI is InChI=1S/C24H23ClN2O4/c1-29-23-14-19(10-11-22(23)30-13-12-18-6-3-2-4-7-18)16-26-27-24(28)17-31-21-9-5-8-20(25)15-21/h2-11,14-16H,12-13,17H2,1H3,(H,27,28)/b26-16+. The lowest BCUT2D eigenvalue weighted by Gasteiger charge is -2.11. The van der Waals surface area contributed by atoms with E-state index in [-0.39, 0.29) is 12.5 Å². The van der Waals surface area contributed by atoms with Gasteiger partial charge < -0.3 is 14.2 Å². The highest BCUT2D eigenvalue weighted by Crippen LogP contribution is 2.27. The summed E-state index contributed by atoms with van der Waals surface area (Å²) in [4.78, 5) is 11.9. The summed E-state index contributed by atoms with van der Waals surface area (Å²) in [6.07, 6.45) is 2.32. The molecule has 3 rings (SSSR count). The van der Waals surface area contributed by atoms with E-state index in [1.807, 2.05) is 30.3 Å². The van der Waals surface area contributed by atoms with Gasteiger partial charge in [-0.25, -0.2) is 5.43 Å². The zero-order chi connectivity index (χ0) is 21.9. The molecule has 7 heteroatoms. The predicted octanol–water partition coefficient (Wildman–Crippen LogP) is 4.50. The minimum Gasteiger partial charge on any atom is -0.493 e. The average molecular weight is 439 g/mol. The Balaban J connectivity index is 1.48. The molecule has 0 aromatic heterocycles. The predicted molar refractivity (Wildman–Crippen MR) is 121 cm³/mol. The number of methoxy groups -OCH3 is 1. The number of carbonyl (C=O) groups is 1. The molecule has 0 saturated heterocycles. The molecule has 3 aromatic rings. The van der Waals surface area contributed by atoms with Crippen molar-refractivity contribution in [3.63, 3.8) is 0 Å². The Morgan fingerprint density at radius 2 is 1.84 bits per heavy atom. The molecular weight excluding hydrogens is 416 g/mol. The molecule has 0 aliphatic rings. The number of amides is 1. The number of hydrazone groups is 1. The monoisotopic (exact) mass is 438 g/mol. The van der Waals surface area contributed by atoms with Gasteiger partial charge in [0.1, 0.15) is 5.75 Å². The van der Waals surface area contributed by atoms with Gasteiger partial charge in [-0.2, -0.15) is 5.10 Å². The highest BCUT2D eigenvalue weighted by atomic mass is 35.5. The van der Waals surface area contributed by atoms with Crippen LogP contribution in [0.25, 0.3) is 0 Å². The number of hydrogen-bond donors (Lipinski definition) is 1. The summed E-state index contributed by atoms with van der Waals surface area (Å²) >= 11 is 5.88. The van der Waals surface area contributed by atoms with Crippen LogP contribution in [0.15, 0.2) is 77.9 Å². The summed E-state index contributed by atoms with van der Waals surface area (Å²) < 4.78 is 16.6. The molecule has 0 radical (unpaired) electrons. The van der Waals surface area contributed by atoms with Gasteiger partial charge in [0, 0.05) is 11.4 Å². The number of nitrogens with one attached hydrogen (secondary N) is 1. The molecule has 3 aromatic carbocycles. The van der Waals surface area contributed by atoms with E-state index in [2.05, 4.69) is 22.7 Å². The lowest BCUT2D eigenvalue weighted by molar-refractivity contribution is -0.123. The lowest BCUT2D eigenvalue weighted by atomic mass is 10.2. The van der Waals surface area contributed by atoms with Gasteiger partial charge in [0.15, 0.2) is 18.1 Å². The van der Waals surface area contributed by atoms with Gasteiger partial charge in [0.05, 0.1) is 19.9 Å². The number of nitrogens with zero attached hydrogens (tertiary/aromatic N) is 1. The van der Waals surface area contributed by atoms with Crippen molar-refractivity contribution in [3.05, 3.63) is 88.9 Å². The Bertz CT molecular complexity index is 1030. The van der Waals surface area contributed by atoms with Crippen molar-refractivity contribution in [2.75, 3.05) is 20.3 Å². The van der Waals surface area contributed by atoms with E-state index in [9.17, 15) is 4.79 Å². The first kappa shape index (κ1) is 22.2. The van der Waals surface area contributed by atoms with Crippen molar-refractivity contribution in [2.24, 2.45) is 5.10 Å². The number of hydrogen-bond acceptors (Lipinski definition) is 5. The molecule has 160 valence electrons. The van der Waals surface area contributed by atoms with Crippen molar-refractivity contribution >= 4 is 23.7 Å². The van der Waals surface area contributed by atoms with E-state index in [1.54, 1.807) is 37.4 Å². The van der Waals surface area contributed by atoms with E-state index in [0.29, 0.717) is 28.9 Å². The molecule has 0 saturated carbocycles. The zero-order valence-electron chi connectivity index (χ0n) is 17.1. The van der Waals surface area contributed by atoms with Gasteiger partial charge in [0.25, 0.3) is 5.91 Å². The summed E-state index contributed by atoms with van der Waals surface area (Å²) in [5, 5.41) is 4.49. The maximum atomic E-state index is 11.9. The van der Waals surface area contributed by atoms with Crippen LogP contribution in [0.5, 0.6) is 17.2 Å². The minimum absolute atomic E-state index is 0.171. The van der Waals surface area contributed by atoms with Crippen molar-refractivity contribution in [2.45, 2.75) is 6.42 Å². The lowest BCUT2D eigenvalue weighted by Crippen LogP contribution is -2.24. The van der Waals surface area contributed by atoms with E-state index < -0.39 is 0 Å². The van der Waals surface area contributed by atoms with Crippen molar-refractivity contribution in [1.82, 2.24) is 5.43 Å². The first-order chi connectivity index (χ1) is 15.1. The third-order valence-electron chi connectivity index (χ3n) is 4.25. The van der Waals surface area contributed by atoms with Crippen LogP contribution >= 0.6 is 11.6 Å². The van der Waals surface area contributed by atoms with Crippen molar-refractivity contribution in [3.8, 4) is 17.2 Å². The molecular formula is C24H23ClN2O4. The SMILES string of the molecule is COc1cc(/C=N/NC(=O)COc2cccc(Cl)c2)ccc1OCCc1ccccc1. The van der Waals surface area contributed by atoms with Gasteiger partial charge in [0.2, 0.25) is 0 Å². The first-order valence-corrected chi connectivity index (χ1v) is 10.1. The fraction of sp³-hybridized carbons (Fsp3) is 0.167. The first-order valence-electron chi connectivity index (χ1n) is 9.69. The molecule has 0 spiro atoms. The average Bonchev–Trinajstić information content (AvgIpc) is 2.79. The smallest absolute Gasteiger partial charge is 0.277 e. The Morgan fingerprint density at radius 1 is 1.00 bits per heavy atom. The second kappa shape index (κ2) is 11.6.